The van der Waals surface area contributed by atoms with Crippen LogP contribution in [0.3, 0.4) is 0 Å². The van der Waals surface area contributed by atoms with E-state index in [1.165, 1.54) is 19.1 Å². The summed E-state index contributed by atoms with van der Waals surface area (Å²) in [4.78, 5) is 25.6. The second-order valence-corrected chi connectivity index (χ2v) is 9.07. The zero-order valence-corrected chi connectivity index (χ0v) is 18.7. The van der Waals surface area contributed by atoms with Crippen molar-refractivity contribution in [3.8, 4) is 0 Å². The van der Waals surface area contributed by atoms with Gasteiger partial charge in [0.05, 0.1) is 37.5 Å². The number of nitrogens with zero attached hydrogens (tertiary/aromatic N) is 1. The van der Waals surface area contributed by atoms with Crippen molar-refractivity contribution in [2.24, 2.45) is 11.7 Å². The Balaban J connectivity index is 1.35. The highest BCUT2D eigenvalue weighted by molar-refractivity contribution is 5.95. The van der Waals surface area contributed by atoms with Gasteiger partial charge in [-0.05, 0) is 43.4 Å². The van der Waals surface area contributed by atoms with Crippen molar-refractivity contribution in [1.29, 1.82) is 0 Å². The Labute approximate surface area is 194 Å². The largest absolute Gasteiger partial charge is 0.410 e. The Morgan fingerprint density at radius 3 is 2.47 bits per heavy atom. The molecule has 3 aliphatic rings. The summed E-state index contributed by atoms with van der Waals surface area (Å²) < 4.78 is 64.9. The molecule has 1 aromatic carbocycles. The Morgan fingerprint density at radius 1 is 1.26 bits per heavy atom. The number of urea groups is 1. The van der Waals surface area contributed by atoms with E-state index < -0.39 is 54.4 Å². The molecular weight excluding hydrogens is 460 g/mol. The van der Waals surface area contributed by atoms with Gasteiger partial charge in [-0.3, -0.25) is 4.79 Å². The number of halogens is 4. The number of nitrogens with two attached hydrogens (primary N) is 1. The highest BCUT2D eigenvalue weighted by atomic mass is 19.4. The summed E-state index contributed by atoms with van der Waals surface area (Å²) in [6.07, 6.45) is -2.01. The van der Waals surface area contributed by atoms with Crippen LogP contribution in [-0.2, 0) is 14.3 Å². The lowest BCUT2D eigenvalue weighted by molar-refractivity contribution is -0.183. The molecule has 1 unspecified atom stereocenters. The quantitative estimate of drug-likeness (QED) is 0.553. The maximum Gasteiger partial charge on any atom is 0.410 e. The number of benzene rings is 1. The van der Waals surface area contributed by atoms with Gasteiger partial charge in [0.1, 0.15) is 11.9 Å². The molecule has 1 saturated carbocycles. The second-order valence-electron chi connectivity index (χ2n) is 9.07. The Hall–Kier alpha value is -2.44. The van der Waals surface area contributed by atoms with Gasteiger partial charge < -0.3 is 30.7 Å². The number of carbonyl (C=O) groups is 2. The van der Waals surface area contributed by atoms with Crippen molar-refractivity contribution in [3.63, 3.8) is 0 Å². The van der Waals surface area contributed by atoms with Crippen molar-refractivity contribution < 1.29 is 36.6 Å². The third-order valence-corrected chi connectivity index (χ3v) is 6.95. The molecule has 8 nitrogen and oxygen atoms in total. The van der Waals surface area contributed by atoms with Crippen LogP contribution in [0.25, 0.3) is 0 Å². The minimum Gasteiger partial charge on any atom is -0.348 e. The first-order valence-corrected chi connectivity index (χ1v) is 11.3. The molecule has 4 rings (SSSR count). The van der Waals surface area contributed by atoms with Crippen LogP contribution < -0.4 is 16.4 Å². The Kier molecular flexibility index (Phi) is 6.76. The molecular formula is C22H28F4N4O4. The molecule has 4 N–H and O–H groups in total. The smallest absolute Gasteiger partial charge is 0.348 e. The molecule has 34 heavy (non-hydrogen) atoms. The van der Waals surface area contributed by atoms with E-state index in [1.807, 2.05) is 5.32 Å². The molecule has 3 fully saturated rings. The number of amides is 3. The number of nitrogens with one attached hydrogen (secondary N) is 2. The fourth-order valence-corrected chi connectivity index (χ4v) is 4.80. The van der Waals surface area contributed by atoms with Crippen LogP contribution in [0.1, 0.15) is 44.2 Å². The molecule has 1 aromatic rings. The van der Waals surface area contributed by atoms with Crippen LogP contribution in [0.2, 0.25) is 0 Å². The average Bonchev–Trinajstić information content (AvgIpc) is 3.41. The molecule has 0 aromatic heterocycles. The van der Waals surface area contributed by atoms with Crippen LogP contribution in [0.15, 0.2) is 18.2 Å². The summed E-state index contributed by atoms with van der Waals surface area (Å²) in [6.45, 7) is 2.04. The summed E-state index contributed by atoms with van der Waals surface area (Å²) >= 11 is 0. The monoisotopic (exact) mass is 488 g/mol. The summed E-state index contributed by atoms with van der Waals surface area (Å²) in [5.41, 5.74) is 6.35. The van der Waals surface area contributed by atoms with Gasteiger partial charge in [-0.25, -0.2) is 9.18 Å². The van der Waals surface area contributed by atoms with E-state index in [0.717, 1.165) is 11.0 Å². The summed E-state index contributed by atoms with van der Waals surface area (Å²) in [6, 6.07) is -0.624. The SMILES string of the molecule is C[C@H](c1ccc(NC(=O)C(N)C2CCC3(CC2)OCCO3)c(F)c1)N1C[C@@H](C(F)(F)F)NC1=O. The molecule has 12 heteroatoms. The fourth-order valence-electron chi connectivity index (χ4n) is 4.80. The molecule has 3 atom stereocenters. The summed E-state index contributed by atoms with van der Waals surface area (Å²) in [7, 11) is 0. The number of ether oxygens (including phenoxy) is 2. The van der Waals surface area contributed by atoms with Gasteiger partial charge in [0, 0.05) is 12.8 Å². The van der Waals surface area contributed by atoms with Crippen LogP contribution in [0, 0.1) is 11.7 Å². The molecule has 0 radical (unpaired) electrons. The summed E-state index contributed by atoms with van der Waals surface area (Å²) in [5.74, 6) is -1.97. The molecule has 2 saturated heterocycles. The van der Waals surface area contributed by atoms with Crippen LogP contribution in [-0.4, -0.2) is 60.6 Å². The first-order chi connectivity index (χ1) is 16.0. The van der Waals surface area contributed by atoms with Gasteiger partial charge in [-0.15, -0.1) is 0 Å². The van der Waals surface area contributed by atoms with Gasteiger partial charge in [-0.2, -0.15) is 13.2 Å². The number of hydrogen-bond acceptors (Lipinski definition) is 5. The second kappa shape index (κ2) is 9.31. The van der Waals surface area contributed by atoms with E-state index in [1.54, 1.807) is 0 Å². The molecule has 3 amide bonds. The van der Waals surface area contributed by atoms with Crippen molar-refractivity contribution >= 4 is 17.6 Å². The van der Waals surface area contributed by atoms with Crippen LogP contribution >= 0.6 is 0 Å². The number of alkyl halides is 3. The van der Waals surface area contributed by atoms with Crippen molar-refractivity contribution in [2.75, 3.05) is 25.1 Å². The van der Waals surface area contributed by atoms with E-state index >= 15 is 0 Å². The minimum absolute atomic E-state index is 0.0924. The number of rotatable bonds is 5. The van der Waals surface area contributed by atoms with Crippen molar-refractivity contribution in [3.05, 3.63) is 29.6 Å². The van der Waals surface area contributed by atoms with Gasteiger partial charge in [0.15, 0.2) is 5.79 Å². The van der Waals surface area contributed by atoms with Crippen molar-refractivity contribution in [1.82, 2.24) is 10.2 Å². The average molecular weight is 488 g/mol. The zero-order valence-electron chi connectivity index (χ0n) is 18.7. The number of hydrogen-bond donors (Lipinski definition) is 3. The van der Waals surface area contributed by atoms with E-state index in [-0.39, 0.29) is 11.6 Å². The van der Waals surface area contributed by atoms with Crippen molar-refractivity contribution in [2.45, 2.75) is 62.7 Å². The number of carbonyl (C=O) groups excluding carboxylic acids is 2. The molecule has 2 aliphatic heterocycles. The lowest BCUT2D eigenvalue weighted by Crippen LogP contribution is -2.46. The van der Waals surface area contributed by atoms with Gasteiger partial charge in [-0.1, -0.05) is 6.07 Å². The van der Waals surface area contributed by atoms with E-state index in [0.29, 0.717) is 44.5 Å². The molecule has 0 bridgehead atoms. The maximum absolute atomic E-state index is 14.7. The third-order valence-electron chi connectivity index (χ3n) is 6.95. The molecule has 2 heterocycles. The first-order valence-electron chi connectivity index (χ1n) is 11.3. The Morgan fingerprint density at radius 2 is 1.91 bits per heavy atom. The van der Waals surface area contributed by atoms with Crippen LogP contribution in [0.4, 0.5) is 28.0 Å². The van der Waals surface area contributed by atoms with Gasteiger partial charge >= 0.3 is 12.2 Å². The van der Waals surface area contributed by atoms with E-state index in [9.17, 15) is 27.2 Å². The lowest BCUT2D eigenvalue weighted by Gasteiger charge is -2.37. The highest BCUT2D eigenvalue weighted by Crippen LogP contribution is 2.39. The zero-order chi connectivity index (χ0) is 24.7. The van der Waals surface area contributed by atoms with E-state index in [4.69, 9.17) is 15.2 Å². The highest BCUT2D eigenvalue weighted by Gasteiger charge is 2.48. The maximum atomic E-state index is 14.7. The topological polar surface area (TPSA) is 106 Å². The van der Waals surface area contributed by atoms with Gasteiger partial charge in [0.25, 0.3) is 0 Å². The third kappa shape index (κ3) is 4.98. The standard InChI is InChI=1S/C22H28F4N4O4/c1-12(30-11-17(22(24,25)26)29-20(30)32)14-2-3-16(15(23)10-14)28-19(31)18(27)13-4-6-21(7-5-13)33-8-9-34-21/h2-3,10,12-13,17-18H,4-9,11,27H2,1H3,(H,28,31)(H,29,32)/t12-,17+,18?/m1/s1. The molecule has 1 aliphatic carbocycles. The molecule has 188 valence electrons. The normalized spacial score (nSPS) is 24.8. The Bertz CT molecular complexity index is 928. The summed E-state index contributed by atoms with van der Waals surface area (Å²) in [5, 5.41) is 4.38. The van der Waals surface area contributed by atoms with Gasteiger partial charge in [0.2, 0.25) is 5.91 Å². The lowest BCUT2D eigenvalue weighted by atomic mass is 9.80. The molecule has 1 spiro atoms. The van der Waals surface area contributed by atoms with Crippen LogP contribution in [0.5, 0.6) is 0 Å². The van der Waals surface area contributed by atoms with E-state index in [2.05, 4.69) is 5.32 Å². The first kappa shape index (κ1) is 24.7. The predicted octanol–water partition coefficient (Wildman–Crippen LogP) is 3.04. The number of anilines is 1. The minimum atomic E-state index is -4.57. The predicted molar refractivity (Wildman–Crippen MR) is 113 cm³/mol. The fraction of sp³-hybridized carbons (Fsp3) is 0.636.